The highest BCUT2D eigenvalue weighted by molar-refractivity contribution is 5.95. The number of ether oxygens (including phenoxy) is 1. The summed E-state index contributed by atoms with van der Waals surface area (Å²) in [4.78, 5) is 18.6. The smallest absolute Gasteiger partial charge is 0.212 e. The first-order chi connectivity index (χ1) is 18.1. The molecule has 7 heteroatoms. The summed E-state index contributed by atoms with van der Waals surface area (Å²) < 4.78 is 5.23. The van der Waals surface area contributed by atoms with E-state index in [1.807, 2.05) is 18.3 Å². The molecule has 0 radical (unpaired) electrons. The van der Waals surface area contributed by atoms with Crippen molar-refractivity contribution in [1.82, 2.24) is 19.9 Å². The Bertz CT molecular complexity index is 1370. The fourth-order valence-corrected chi connectivity index (χ4v) is 5.17. The fourth-order valence-electron chi connectivity index (χ4n) is 5.17. The standard InChI is InChI=1S/C30H36N6O/c1-5-35(6-2)14-12-31-26-9-7-22-11-13-36(19-25(22)16-26)30-27-17-24(15-21(3)29(27)33-20-34-30)23-8-10-28(37-4)32-18-23/h7-10,15-18,20,31H,5-6,11-14,19H2,1-4H3. The van der Waals surface area contributed by atoms with Crippen molar-refractivity contribution in [3.05, 3.63) is 71.7 Å². The Labute approximate surface area is 219 Å². The molecular weight excluding hydrogens is 460 g/mol. The van der Waals surface area contributed by atoms with Crippen molar-refractivity contribution >= 4 is 22.4 Å². The van der Waals surface area contributed by atoms with Gasteiger partial charge in [0.1, 0.15) is 12.1 Å². The number of hydrogen-bond donors (Lipinski definition) is 1. The molecule has 1 N–H and O–H groups in total. The molecule has 0 amide bonds. The van der Waals surface area contributed by atoms with Crippen molar-refractivity contribution in [2.24, 2.45) is 0 Å². The quantitative estimate of drug-likeness (QED) is 0.336. The zero-order valence-corrected chi connectivity index (χ0v) is 22.3. The van der Waals surface area contributed by atoms with Crippen molar-refractivity contribution in [1.29, 1.82) is 0 Å². The summed E-state index contributed by atoms with van der Waals surface area (Å²) in [6, 6.07) is 15.1. The molecule has 2 aromatic heterocycles. The van der Waals surface area contributed by atoms with Crippen LogP contribution in [0.4, 0.5) is 11.5 Å². The number of nitrogens with zero attached hydrogens (tertiary/aromatic N) is 5. The van der Waals surface area contributed by atoms with Crippen LogP contribution < -0.4 is 15.0 Å². The van der Waals surface area contributed by atoms with Gasteiger partial charge in [-0.15, -0.1) is 0 Å². The second kappa shape index (κ2) is 11.1. The van der Waals surface area contributed by atoms with Gasteiger partial charge < -0.3 is 19.9 Å². The SMILES string of the molecule is CCN(CC)CCNc1ccc2c(c1)CN(c1ncnc3c(C)cc(-c4ccc(OC)nc4)cc13)CC2. The minimum Gasteiger partial charge on any atom is -0.481 e. The van der Waals surface area contributed by atoms with E-state index in [1.165, 1.54) is 16.8 Å². The van der Waals surface area contributed by atoms with E-state index in [9.17, 15) is 0 Å². The number of hydrogen-bond acceptors (Lipinski definition) is 7. The van der Waals surface area contributed by atoms with Gasteiger partial charge in [0.05, 0.1) is 12.6 Å². The van der Waals surface area contributed by atoms with E-state index < -0.39 is 0 Å². The van der Waals surface area contributed by atoms with Crippen LogP contribution in [0.3, 0.4) is 0 Å². The Kier molecular flexibility index (Phi) is 7.51. The zero-order chi connectivity index (χ0) is 25.8. The first kappa shape index (κ1) is 25.0. The van der Waals surface area contributed by atoms with E-state index in [2.05, 4.69) is 76.2 Å². The van der Waals surface area contributed by atoms with Gasteiger partial charge in [-0.05, 0) is 79.0 Å². The zero-order valence-electron chi connectivity index (χ0n) is 22.3. The Balaban J connectivity index is 1.41. The van der Waals surface area contributed by atoms with Crippen LogP contribution >= 0.6 is 0 Å². The summed E-state index contributed by atoms with van der Waals surface area (Å²) >= 11 is 0. The molecule has 0 bridgehead atoms. The minimum absolute atomic E-state index is 0.610. The first-order valence-electron chi connectivity index (χ1n) is 13.2. The van der Waals surface area contributed by atoms with E-state index in [0.29, 0.717) is 5.88 Å². The van der Waals surface area contributed by atoms with Crippen molar-refractivity contribution in [2.45, 2.75) is 33.7 Å². The van der Waals surface area contributed by atoms with Gasteiger partial charge in [0, 0.05) is 55.1 Å². The van der Waals surface area contributed by atoms with Crippen LogP contribution in [0, 0.1) is 6.92 Å². The second-order valence-electron chi connectivity index (χ2n) is 9.58. The van der Waals surface area contributed by atoms with Gasteiger partial charge in [0.15, 0.2) is 0 Å². The van der Waals surface area contributed by atoms with Gasteiger partial charge in [-0.1, -0.05) is 19.9 Å². The number of methoxy groups -OCH3 is 1. The van der Waals surface area contributed by atoms with Crippen LogP contribution in [0.15, 0.2) is 55.0 Å². The minimum atomic E-state index is 0.610. The maximum Gasteiger partial charge on any atom is 0.212 e. The third-order valence-electron chi connectivity index (χ3n) is 7.36. The van der Waals surface area contributed by atoms with Gasteiger partial charge >= 0.3 is 0 Å². The molecule has 1 aliphatic heterocycles. The molecule has 0 saturated carbocycles. The molecule has 1 aliphatic rings. The van der Waals surface area contributed by atoms with Crippen molar-refractivity contribution in [3.63, 3.8) is 0 Å². The molecule has 37 heavy (non-hydrogen) atoms. The normalized spacial score (nSPS) is 13.2. The van der Waals surface area contributed by atoms with E-state index >= 15 is 0 Å². The number of fused-ring (bicyclic) bond motifs is 2. The van der Waals surface area contributed by atoms with Crippen LogP contribution in [0.5, 0.6) is 5.88 Å². The Morgan fingerprint density at radius 2 is 1.84 bits per heavy atom. The van der Waals surface area contributed by atoms with Gasteiger partial charge in [-0.2, -0.15) is 0 Å². The summed E-state index contributed by atoms with van der Waals surface area (Å²) in [7, 11) is 1.63. The van der Waals surface area contributed by atoms with E-state index in [0.717, 1.165) is 79.1 Å². The summed E-state index contributed by atoms with van der Waals surface area (Å²) in [6.45, 7) is 12.5. The number of benzene rings is 2. The molecular formula is C30H36N6O. The predicted molar refractivity (Wildman–Crippen MR) is 152 cm³/mol. The lowest BCUT2D eigenvalue weighted by molar-refractivity contribution is 0.316. The summed E-state index contributed by atoms with van der Waals surface area (Å²) in [5.74, 6) is 1.60. The number of pyridine rings is 1. The topological polar surface area (TPSA) is 66.4 Å². The summed E-state index contributed by atoms with van der Waals surface area (Å²) in [5, 5.41) is 4.69. The average molecular weight is 497 g/mol. The highest BCUT2D eigenvalue weighted by Gasteiger charge is 2.21. The highest BCUT2D eigenvalue weighted by atomic mass is 16.5. The van der Waals surface area contributed by atoms with E-state index in [-0.39, 0.29) is 0 Å². The number of aromatic nitrogens is 3. The second-order valence-corrected chi connectivity index (χ2v) is 9.58. The molecule has 0 saturated heterocycles. The Hall–Kier alpha value is -3.71. The number of anilines is 2. The number of likely N-dealkylation sites (N-methyl/N-ethyl adjacent to an activating group) is 1. The molecule has 3 heterocycles. The number of aryl methyl sites for hydroxylation is 1. The van der Waals surface area contributed by atoms with Crippen molar-refractivity contribution in [2.75, 3.05) is 50.1 Å². The van der Waals surface area contributed by atoms with Gasteiger partial charge in [-0.3, -0.25) is 0 Å². The van der Waals surface area contributed by atoms with E-state index in [4.69, 9.17) is 9.72 Å². The molecule has 7 nitrogen and oxygen atoms in total. The third-order valence-corrected chi connectivity index (χ3v) is 7.36. The maximum atomic E-state index is 5.23. The third kappa shape index (κ3) is 5.37. The molecule has 2 aromatic carbocycles. The summed E-state index contributed by atoms with van der Waals surface area (Å²) in [6.07, 6.45) is 4.55. The van der Waals surface area contributed by atoms with Gasteiger partial charge in [0.25, 0.3) is 0 Å². The lowest BCUT2D eigenvalue weighted by Gasteiger charge is -2.31. The molecule has 4 aromatic rings. The van der Waals surface area contributed by atoms with Crippen molar-refractivity contribution in [3.8, 4) is 17.0 Å². The molecule has 5 rings (SSSR count). The predicted octanol–water partition coefficient (Wildman–Crippen LogP) is 5.33. The van der Waals surface area contributed by atoms with Gasteiger partial charge in [0.2, 0.25) is 5.88 Å². The summed E-state index contributed by atoms with van der Waals surface area (Å²) in [5.41, 5.74) is 8.24. The monoisotopic (exact) mass is 496 g/mol. The van der Waals surface area contributed by atoms with Crippen LogP contribution in [-0.2, 0) is 13.0 Å². The van der Waals surface area contributed by atoms with E-state index in [1.54, 1.807) is 13.4 Å². The molecule has 0 spiro atoms. The first-order valence-corrected chi connectivity index (χ1v) is 13.2. The Morgan fingerprint density at radius 1 is 0.973 bits per heavy atom. The number of nitrogens with one attached hydrogen (secondary N) is 1. The number of rotatable bonds is 9. The molecule has 0 atom stereocenters. The molecule has 0 unspecified atom stereocenters. The molecule has 192 valence electrons. The molecule has 0 aliphatic carbocycles. The maximum absolute atomic E-state index is 5.23. The largest absolute Gasteiger partial charge is 0.481 e. The lowest BCUT2D eigenvalue weighted by Crippen LogP contribution is -2.31. The highest BCUT2D eigenvalue weighted by Crippen LogP contribution is 2.34. The van der Waals surface area contributed by atoms with Crippen LogP contribution in [0.2, 0.25) is 0 Å². The Morgan fingerprint density at radius 3 is 2.59 bits per heavy atom. The van der Waals surface area contributed by atoms with Gasteiger partial charge in [-0.25, -0.2) is 15.0 Å². The van der Waals surface area contributed by atoms with Crippen LogP contribution in [-0.4, -0.2) is 59.7 Å². The van der Waals surface area contributed by atoms with Crippen LogP contribution in [0.25, 0.3) is 22.0 Å². The van der Waals surface area contributed by atoms with Crippen molar-refractivity contribution < 1.29 is 4.74 Å². The fraction of sp³-hybridized carbons (Fsp3) is 0.367. The molecule has 0 fully saturated rings. The average Bonchev–Trinajstić information content (AvgIpc) is 2.94. The lowest BCUT2D eigenvalue weighted by atomic mass is 9.97. The van der Waals surface area contributed by atoms with Crippen LogP contribution in [0.1, 0.15) is 30.5 Å².